The summed E-state index contributed by atoms with van der Waals surface area (Å²) in [5.74, 6) is 0.927. The first kappa shape index (κ1) is 29.5. The first-order valence-electron chi connectivity index (χ1n) is 14.1. The average Bonchev–Trinajstić information content (AvgIpc) is 3.22. The molecule has 5 rings (SSSR count). The van der Waals surface area contributed by atoms with Crippen LogP contribution in [0.1, 0.15) is 37.4 Å². The summed E-state index contributed by atoms with van der Waals surface area (Å²) in [6, 6.07) is 13.4. The van der Waals surface area contributed by atoms with E-state index in [2.05, 4.69) is 16.0 Å². The smallest absolute Gasteiger partial charge is 0.246 e. The Morgan fingerprint density at radius 2 is 1.74 bits per heavy atom. The number of aryl methyl sites for hydroxylation is 2. The predicted molar refractivity (Wildman–Crippen MR) is 167 cm³/mol. The van der Waals surface area contributed by atoms with Crippen molar-refractivity contribution in [3.8, 4) is 28.4 Å². The molecule has 2 atom stereocenters. The summed E-state index contributed by atoms with van der Waals surface area (Å²) in [5.41, 5.74) is 4.66. The molecule has 1 aromatic heterocycles. The van der Waals surface area contributed by atoms with Gasteiger partial charge in [0.15, 0.2) is 11.5 Å². The second-order valence-electron chi connectivity index (χ2n) is 10.6. The van der Waals surface area contributed by atoms with Crippen molar-refractivity contribution in [3.05, 3.63) is 76.1 Å². The number of methoxy groups -OCH3 is 3. The molecule has 0 spiro atoms. The number of rotatable bonds is 8. The van der Waals surface area contributed by atoms with E-state index in [-0.39, 0.29) is 22.9 Å². The van der Waals surface area contributed by atoms with E-state index in [0.29, 0.717) is 46.9 Å². The predicted octanol–water partition coefficient (Wildman–Crippen LogP) is 4.79. The summed E-state index contributed by atoms with van der Waals surface area (Å²) in [7, 11) is 6.60. The topological polar surface area (TPSA) is 120 Å². The zero-order chi connectivity index (χ0) is 30.8. The number of nitrogens with zero attached hydrogens (tertiary/aromatic N) is 1. The second kappa shape index (κ2) is 12.1. The van der Waals surface area contributed by atoms with Gasteiger partial charge in [0, 0.05) is 36.6 Å². The van der Waals surface area contributed by atoms with E-state index in [0.717, 1.165) is 22.0 Å². The zero-order valence-electron chi connectivity index (χ0n) is 25.2. The minimum atomic E-state index is -0.730. The number of anilines is 2. The van der Waals surface area contributed by atoms with Gasteiger partial charge in [-0.15, -0.1) is 0 Å². The van der Waals surface area contributed by atoms with Gasteiger partial charge in [0.1, 0.15) is 6.04 Å². The lowest BCUT2D eigenvalue weighted by molar-refractivity contribution is -0.119. The molecule has 224 valence electrons. The van der Waals surface area contributed by atoms with Gasteiger partial charge in [-0.1, -0.05) is 12.1 Å². The number of ether oxygens (including phenoxy) is 3. The molecule has 3 aromatic carbocycles. The van der Waals surface area contributed by atoms with Crippen LogP contribution in [-0.2, 0) is 23.1 Å². The highest BCUT2D eigenvalue weighted by atomic mass is 16.5. The molecule has 0 bridgehead atoms. The van der Waals surface area contributed by atoms with E-state index < -0.39 is 12.1 Å². The Morgan fingerprint density at radius 1 is 0.977 bits per heavy atom. The van der Waals surface area contributed by atoms with Gasteiger partial charge in [0.05, 0.1) is 38.7 Å². The second-order valence-corrected chi connectivity index (χ2v) is 10.6. The number of hydrogen-bond donors (Lipinski definition) is 3. The standard InChI is InChI=1S/C33H36N4O6/c1-18(33(40)36-24-8-7-9-27-22(24)14-15-37(27)3)34-26-13-11-21-23(17-28(26)39)25(35-19(2)38)12-10-20-16-29(41-4)31(42-5)32(43-6)30(20)21/h7-9,11,13-18,25H,10,12H2,1-6H3,(H,34,39)(H,35,38)(H,36,40)/t18-,25-/m0/s1. The first-order valence-corrected chi connectivity index (χ1v) is 14.1. The molecule has 0 radical (unpaired) electrons. The molecule has 1 heterocycles. The first-order chi connectivity index (χ1) is 20.7. The molecule has 2 amide bonds. The number of amides is 2. The molecule has 3 N–H and O–H groups in total. The van der Waals surface area contributed by atoms with Crippen molar-refractivity contribution in [2.75, 3.05) is 32.0 Å². The average molecular weight is 585 g/mol. The summed E-state index contributed by atoms with van der Waals surface area (Å²) < 4.78 is 19.1. The van der Waals surface area contributed by atoms with Crippen LogP contribution in [0.3, 0.4) is 0 Å². The summed E-state index contributed by atoms with van der Waals surface area (Å²) >= 11 is 0. The van der Waals surface area contributed by atoms with Crippen molar-refractivity contribution in [2.45, 2.75) is 38.8 Å². The summed E-state index contributed by atoms with van der Waals surface area (Å²) in [4.78, 5) is 39.1. The van der Waals surface area contributed by atoms with Gasteiger partial charge in [-0.05, 0) is 72.9 Å². The lowest BCUT2D eigenvalue weighted by atomic mass is 9.95. The number of carbonyl (C=O) groups is 2. The quantitative estimate of drug-likeness (QED) is 0.272. The molecule has 43 heavy (non-hydrogen) atoms. The Labute approximate surface area is 250 Å². The molecule has 0 saturated heterocycles. The van der Waals surface area contributed by atoms with E-state index in [1.54, 1.807) is 27.2 Å². The number of hydrogen-bond acceptors (Lipinski definition) is 7. The van der Waals surface area contributed by atoms with Gasteiger partial charge in [-0.25, -0.2) is 0 Å². The highest BCUT2D eigenvalue weighted by molar-refractivity contribution is 6.04. The fraction of sp³-hybridized carbons (Fsp3) is 0.303. The number of aromatic nitrogens is 1. The third-order valence-electron chi connectivity index (χ3n) is 7.87. The number of fused-ring (bicyclic) bond motifs is 4. The van der Waals surface area contributed by atoms with Crippen molar-refractivity contribution >= 4 is 34.1 Å². The van der Waals surface area contributed by atoms with Gasteiger partial charge in [0.25, 0.3) is 0 Å². The van der Waals surface area contributed by atoms with Crippen LogP contribution < -0.4 is 35.6 Å². The van der Waals surface area contributed by atoms with E-state index in [1.165, 1.54) is 20.1 Å². The van der Waals surface area contributed by atoms with Gasteiger partial charge in [0.2, 0.25) is 23.0 Å². The van der Waals surface area contributed by atoms with Crippen LogP contribution >= 0.6 is 0 Å². The molecule has 0 aliphatic heterocycles. The van der Waals surface area contributed by atoms with E-state index in [1.807, 2.05) is 54.2 Å². The Balaban J connectivity index is 1.56. The van der Waals surface area contributed by atoms with Crippen molar-refractivity contribution in [1.29, 1.82) is 0 Å². The van der Waals surface area contributed by atoms with Crippen molar-refractivity contribution < 1.29 is 23.8 Å². The molecular formula is C33H36N4O6. The third kappa shape index (κ3) is 5.60. The third-order valence-corrected chi connectivity index (χ3v) is 7.87. The summed E-state index contributed by atoms with van der Waals surface area (Å²) in [6.07, 6.45) is 3.08. The highest BCUT2D eigenvalue weighted by Gasteiger charge is 2.29. The molecule has 10 heteroatoms. The molecular weight excluding hydrogens is 548 g/mol. The van der Waals surface area contributed by atoms with Gasteiger partial charge in [-0.2, -0.15) is 0 Å². The number of nitrogens with one attached hydrogen (secondary N) is 3. The molecule has 0 saturated carbocycles. The largest absolute Gasteiger partial charge is 0.493 e. The molecule has 4 aromatic rings. The fourth-order valence-corrected chi connectivity index (χ4v) is 5.78. The molecule has 0 fully saturated rings. The lowest BCUT2D eigenvalue weighted by Crippen LogP contribution is -2.33. The van der Waals surface area contributed by atoms with Gasteiger partial charge < -0.3 is 34.7 Å². The summed E-state index contributed by atoms with van der Waals surface area (Å²) in [6.45, 7) is 3.15. The van der Waals surface area contributed by atoms with Crippen LogP contribution in [0, 0.1) is 0 Å². The zero-order valence-corrected chi connectivity index (χ0v) is 25.2. The minimum absolute atomic E-state index is 0.208. The molecule has 0 unspecified atom stereocenters. The maximum atomic E-state index is 13.6. The lowest BCUT2D eigenvalue weighted by Gasteiger charge is -2.19. The Hall–Kier alpha value is -4.99. The van der Waals surface area contributed by atoms with Crippen LogP contribution in [0.25, 0.3) is 22.0 Å². The Morgan fingerprint density at radius 3 is 2.44 bits per heavy atom. The van der Waals surface area contributed by atoms with Crippen LogP contribution in [0.4, 0.5) is 11.4 Å². The number of benzene rings is 2. The maximum absolute atomic E-state index is 13.6. The molecule has 10 nitrogen and oxygen atoms in total. The van der Waals surface area contributed by atoms with Crippen LogP contribution in [0.15, 0.2) is 59.5 Å². The van der Waals surface area contributed by atoms with Crippen LogP contribution in [0.2, 0.25) is 0 Å². The van der Waals surface area contributed by atoms with E-state index in [9.17, 15) is 14.4 Å². The van der Waals surface area contributed by atoms with E-state index >= 15 is 0 Å². The van der Waals surface area contributed by atoms with Crippen molar-refractivity contribution in [2.24, 2.45) is 7.05 Å². The molecule has 1 aliphatic carbocycles. The van der Waals surface area contributed by atoms with Gasteiger partial charge >= 0.3 is 0 Å². The SMILES string of the molecule is COc1cc2c(c(OC)c1OC)-c1ccc(N[C@@H](C)C(=O)Nc3cccc4c3ccn4C)c(=O)cc1[C@@H](NC(C)=O)CC2. The fourth-order valence-electron chi connectivity index (χ4n) is 5.78. The van der Waals surface area contributed by atoms with Gasteiger partial charge in [-0.3, -0.25) is 14.4 Å². The maximum Gasteiger partial charge on any atom is 0.246 e. The van der Waals surface area contributed by atoms with Crippen LogP contribution in [-0.4, -0.2) is 43.8 Å². The Bertz CT molecular complexity index is 1780. The Kier molecular flexibility index (Phi) is 8.29. The number of carbonyl (C=O) groups excluding carboxylic acids is 2. The summed E-state index contributed by atoms with van der Waals surface area (Å²) in [5, 5.41) is 10.0. The molecule has 1 aliphatic rings. The highest BCUT2D eigenvalue weighted by Crippen LogP contribution is 2.50. The normalized spacial score (nSPS) is 14.5. The van der Waals surface area contributed by atoms with E-state index in [4.69, 9.17) is 14.2 Å². The van der Waals surface area contributed by atoms with Crippen LogP contribution in [0.5, 0.6) is 17.2 Å². The minimum Gasteiger partial charge on any atom is -0.493 e. The van der Waals surface area contributed by atoms with Crippen molar-refractivity contribution in [1.82, 2.24) is 9.88 Å². The monoisotopic (exact) mass is 584 g/mol. The van der Waals surface area contributed by atoms with Crippen molar-refractivity contribution in [3.63, 3.8) is 0 Å².